The molecule has 5 nitrogen and oxygen atoms in total. The molecule has 0 amide bonds. The summed E-state index contributed by atoms with van der Waals surface area (Å²) in [5, 5.41) is 4.82. The number of hydrogen-bond acceptors (Lipinski definition) is 3. The van der Waals surface area contributed by atoms with Crippen LogP contribution in [0, 0.1) is 5.92 Å². The Hall–Kier alpha value is -0.170. The molecule has 0 saturated carbocycles. The first-order chi connectivity index (χ1) is 6.03. The van der Waals surface area contributed by atoms with Gasteiger partial charge in [-0.2, -0.15) is 8.42 Å². The SMILES string of the molecule is CCC1OCCC1CNS(N)(=O)=O. The Kier molecular flexibility index (Phi) is 3.66. The Morgan fingerprint density at radius 3 is 2.85 bits per heavy atom. The predicted molar refractivity (Wildman–Crippen MR) is 49.2 cm³/mol. The van der Waals surface area contributed by atoms with Gasteiger partial charge >= 0.3 is 0 Å². The van der Waals surface area contributed by atoms with Crippen LogP contribution in [0.25, 0.3) is 0 Å². The molecule has 6 heteroatoms. The predicted octanol–water partition coefficient (Wildman–Crippen LogP) is -0.405. The fourth-order valence-electron chi connectivity index (χ4n) is 1.60. The summed E-state index contributed by atoms with van der Waals surface area (Å²) < 4.78 is 28.9. The maximum atomic E-state index is 10.6. The molecule has 0 radical (unpaired) electrons. The lowest BCUT2D eigenvalue weighted by Crippen LogP contribution is -2.36. The third kappa shape index (κ3) is 3.60. The van der Waals surface area contributed by atoms with Gasteiger partial charge in [-0.3, -0.25) is 0 Å². The van der Waals surface area contributed by atoms with Gasteiger partial charge in [0.05, 0.1) is 6.10 Å². The zero-order valence-electron chi connectivity index (χ0n) is 7.69. The van der Waals surface area contributed by atoms with Crippen molar-refractivity contribution in [2.45, 2.75) is 25.9 Å². The first-order valence-electron chi connectivity index (χ1n) is 4.42. The summed E-state index contributed by atoms with van der Waals surface area (Å²) in [6.07, 6.45) is 1.99. The van der Waals surface area contributed by atoms with Crippen LogP contribution in [-0.4, -0.2) is 27.7 Å². The molecule has 1 aliphatic heterocycles. The van der Waals surface area contributed by atoms with Crippen molar-refractivity contribution in [2.75, 3.05) is 13.2 Å². The van der Waals surface area contributed by atoms with Crippen LogP contribution in [0.2, 0.25) is 0 Å². The minimum absolute atomic E-state index is 0.175. The number of nitrogens with two attached hydrogens (primary N) is 1. The quantitative estimate of drug-likeness (QED) is 0.659. The van der Waals surface area contributed by atoms with Crippen molar-refractivity contribution in [3.63, 3.8) is 0 Å². The molecule has 13 heavy (non-hydrogen) atoms. The van der Waals surface area contributed by atoms with Gasteiger partial charge in [0.25, 0.3) is 10.2 Å². The summed E-state index contributed by atoms with van der Waals surface area (Å²) in [5.74, 6) is 0.267. The van der Waals surface area contributed by atoms with Crippen molar-refractivity contribution in [3.05, 3.63) is 0 Å². The lowest BCUT2D eigenvalue weighted by Gasteiger charge is -2.16. The summed E-state index contributed by atoms with van der Waals surface area (Å²) in [5.41, 5.74) is 0. The van der Waals surface area contributed by atoms with E-state index >= 15 is 0 Å². The normalized spacial score (nSPS) is 29.4. The van der Waals surface area contributed by atoms with E-state index in [2.05, 4.69) is 4.72 Å². The molecule has 78 valence electrons. The Morgan fingerprint density at radius 2 is 2.31 bits per heavy atom. The number of rotatable bonds is 4. The fraction of sp³-hybridized carbons (Fsp3) is 1.00. The molecular weight excluding hydrogens is 192 g/mol. The Morgan fingerprint density at radius 1 is 1.62 bits per heavy atom. The van der Waals surface area contributed by atoms with E-state index in [9.17, 15) is 8.42 Å². The van der Waals surface area contributed by atoms with E-state index in [-0.39, 0.29) is 12.0 Å². The zero-order valence-corrected chi connectivity index (χ0v) is 8.51. The molecule has 0 spiro atoms. The van der Waals surface area contributed by atoms with Gasteiger partial charge in [0.1, 0.15) is 0 Å². The van der Waals surface area contributed by atoms with Gasteiger partial charge in [-0.05, 0) is 12.8 Å². The summed E-state index contributed by atoms with van der Waals surface area (Å²) in [7, 11) is -3.55. The van der Waals surface area contributed by atoms with Crippen LogP contribution in [0.15, 0.2) is 0 Å². The first-order valence-corrected chi connectivity index (χ1v) is 5.96. The van der Waals surface area contributed by atoms with Crippen LogP contribution < -0.4 is 9.86 Å². The van der Waals surface area contributed by atoms with Crippen molar-refractivity contribution < 1.29 is 13.2 Å². The van der Waals surface area contributed by atoms with Crippen LogP contribution >= 0.6 is 0 Å². The van der Waals surface area contributed by atoms with Gasteiger partial charge in [-0.25, -0.2) is 9.86 Å². The van der Waals surface area contributed by atoms with E-state index in [1.165, 1.54) is 0 Å². The number of hydrogen-bond donors (Lipinski definition) is 2. The second-order valence-electron chi connectivity index (χ2n) is 3.26. The summed E-state index contributed by atoms with van der Waals surface area (Å²) >= 11 is 0. The van der Waals surface area contributed by atoms with Crippen LogP contribution in [0.4, 0.5) is 0 Å². The summed E-state index contributed by atoms with van der Waals surface area (Å²) in [6, 6.07) is 0. The van der Waals surface area contributed by atoms with E-state index in [1.54, 1.807) is 0 Å². The van der Waals surface area contributed by atoms with Gasteiger partial charge in [0.2, 0.25) is 0 Å². The molecular formula is C7H16N2O3S. The van der Waals surface area contributed by atoms with Gasteiger partial charge < -0.3 is 4.74 Å². The maximum absolute atomic E-state index is 10.6. The van der Waals surface area contributed by atoms with Gasteiger partial charge in [0.15, 0.2) is 0 Å². The van der Waals surface area contributed by atoms with E-state index in [4.69, 9.17) is 9.88 Å². The number of nitrogens with one attached hydrogen (secondary N) is 1. The maximum Gasteiger partial charge on any atom is 0.274 e. The van der Waals surface area contributed by atoms with Crippen molar-refractivity contribution in [3.8, 4) is 0 Å². The average Bonchev–Trinajstić information content (AvgIpc) is 2.46. The molecule has 1 fully saturated rings. The highest BCUT2D eigenvalue weighted by Gasteiger charge is 2.27. The van der Waals surface area contributed by atoms with Crippen LogP contribution in [0.5, 0.6) is 0 Å². The van der Waals surface area contributed by atoms with Crippen molar-refractivity contribution in [1.29, 1.82) is 0 Å². The molecule has 0 aromatic carbocycles. The zero-order chi connectivity index (χ0) is 9.90. The molecule has 0 bridgehead atoms. The molecule has 1 heterocycles. The van der Waals surface area contributed by atoms with E-state index in [1.807, 2.05) is 6.92 Å². The van der Waals surface area contributed by atoms with Crippen molar-refractivity contribution in [1.82, 2.24) is 4.72 Å². The molecule has 2 atom stereocenters. The molecule has 2 unspecified atom stereocenters. The topological polar surface area (TPSA) is 81.4 Å². The second kappa shape index (κ2) is 4.36. The third-order valence-corrected chi connectivity index (χ3v) is 2.86. The Bertz CT molecular complexity index is 252. The largest absolute Gasteiger partial charge is 0.378 e. The summed E-state index contributed by atoms with van der Waals surface area (Å²) in [6.45, 7) is 3.13. The van der Waals surface area contributed by atoms with E-state index in [0.717, 1.165) is 19.4 Å². The monoisotopic (exact) mass is 208 g/mol. The van der Waals surface area contributed by atoms with Crippen LogP contribution in [-0.2, 0) is 14.9 Å². The minimum Gasteiger partial charge on any atom is -0.378 e. The molecule has 1 saturated heterocycles. The van der Waals surface area contributed by atoms with Gasteiger partial charge in [0, 0.05) is 19.1 Å². The highest BCUT2D eigenvalue weighted by molar-refractivity contribution is 7.87. The lowest BCUT2D eigenvalue weighted by atomic mass is 10.0. The highest BCUT2D eigenvalue weighted by atomic mass is 32.2. The number of ether oxygens (including phenoxy) is 1. The summed E-state index contributed by atoms with van der Waals surface area (Å²) in [4.78, 5) is 0. The van der Waals surface area contributed by atoms with E-state index in [0.29, 0.717) is 6.54 Å². The molecule has 1 rings (SSSR count). The smallest absolute Gasteiger partial charge is 0.274 e. The first kappa shape index (κ1) is 10.9. The average molecular weight is 208 g/mol. The minimum atomic E-state index is -3.55. The van der Waals surface area contributed by atoms with Crippen molar-refractivity contribution in [2.24, 2.45) is 11.1 Å². The third-order valence-electron chi connectivity index (χ3n) is 2.30. The Balaban J connectivity index is 2.36. The van der Waals surface area contributed by atoms with Gasteiger partial charge in [-0.1, -0.05) is 6.92 Å². The fourth-order valence-corrected chi connectivity index (χ4v) is 2.05. The molecule has 0 aromatic heterocycles. The van der Waals surface area contributed by atoms with Crippen molar-refractivity contribution >= 4 is 10.2 Å². The molecule has 0 aliphatic carbocycles. The lowest BCUT2D eigenvalue weighted by molar-refractivity contribution is 0.0884. The highest BCUT2D eigenvalue weighted by Crippen LogP contribution is 2.22. The molecule has 0 aromatic rings. The standard InChI is InChI=1S/C7H16N2O3S/c1-2-7-6(3-4-12-7)5-9-13(8,10)11/h6-7,9H,2-5H2,1H3,(H2,8,10,11). The van der Waals surface area contributed by atoms with Gasteiger partial charge in [-0.15, -0.1) is 0 Å². The molecule has 1 aliphatic rings. The van der Waals surface area contributed by atoms with Crippen LogP contribution in [0.1, 0.15) is 19.8 Å². The Labute approximate surface area is 78.8 Å². The van der Waals surface area contributed by atoms with E-state index < -0.39 is 10.2 Å². The second-order valence-corrected chi connectivity index (χ2v) is 4.64. The molecule has 3 N–H and O–H groups in total. The van der Waals surface area contributed by atoms with Crippen LogP contribution in [0.3, 0.4) is 0 Å².